The summed E-state index contributed by atoms with van der Waals surface area (Å²) in [5.41, 5.74) is 1.73. The minimum absolute atomic E-state index is 0.0801. The summed E-state index contributed by atoms with van der Waals surface area (Å²) in [4.78, 5) is 36.6. The first kappa shape index (κ1) is 19.5. The maximum atomic E-state index is 12.7. The Morgan fingerprint density at radius 1 is 1.17 bits per heavy atom. The first-order valence-corrected chi connectivity index (χ1v) is 10.4. The largest absolute Gasteiger partial charge is 0.494 e. The number of nitrogens with one attached hydrogen (secondary N) is 1. The quantitative estimate of drug-likeness (QED) is 0.788. The summed E-state index contributed by atoms with van der Waals surface area (Å²) in [6.07, 6.45) is 5.16. The number of nitrogens with zero attached hydrogens (tertiary/aromatic N) is 3. The summed E-state index contributed by atoms with van der Waals surface area (Å²) in [5.74, 6) is 1.07. The number of carbonyl (C=O) groups is 2. The van der Waals surface area contributed by atoms with Gasteiger partial charge in [0.25, 0.3) is 0 Å². The fraction of sp³-hybridized carbons (Fsp3) is 0.500. The number of ether oxygens (including phenoxy) is 1. The molecule has 0 unspecified atom stereocenters. The molecule has 154 valence electrons. The highest BCUT2D eigenvalue weighted by Gasteiger charge is 2.48. The van der Waals surface area contributed by atoms with E-state index in [9.17, 15) is 9.59 Å². The summed E-state index contributed by atoms with van der Waals surface area (Å²) < 4.78 is 5.68. The van der Waals surface area contributed by atoms with Crippen LogP contribution in [0.5, 0.6) is 5.75 Å². The number of amides is 2. The average Bonchev–Trinajstić information content (AvgIpc) is 3.22. The number of H-pyrrole nitrogens is 1. The van der Waals surface area contributed by atoms with Crippen molar-refractivity contribution in [3.05, 3.63) is 48.0 Å². The molecule has 1 spiro atoms. The van der Waals surface area contributed by atoms with Crippen LogP contribution >= 0.6 is 0 Å². The van der Waals surface area contributed by atoms with Gasteiger partial charge in [-0.05, 0) is 31.4 Å². The SMILES string of the molecule is CC(=O)N1CCc2[nH]cnc2C12CCN(C(=O)CCCOc1ccccc1)CC2. The van der Waals surface area contributed by atoms with E-state index in [1.807, 2.05) is 40.1 Å². The lowest BCUT2D eigenvalue weighted by Gasteiger charge is -2.50. The number of para-hydroxylation sites is 1. The van der Waals surface area contributed by atoms with Gasteiger partial charge in [0.1, 0.15) is 5.75 Å². The van der Waals surface area contributed by atoms with E-state index in [4.69, 9.17) is 4.74 Å². The third-order valence-corrected chi connectivity index (χ3v) is 6.13. The lowest BCUT2D eigenvalue weighted by Crippen LogP contribution is -2.58. The van der Waals surface area contributed by atoms with Crippen molar-refractivity contribution in [3.63, 3.8) is 0 Å². The summed E-state index contributed by atoms with van der Waals surface area (Å²) >= 11 is 0. The molecular formula is C22H28N4O3. The van der Waals surface area contributed by atoms with Crippen molar-refractivity contribution in [2.24, 2.45) is 0 Å². The molecule has 0 atom stereocenters. The van der Waals surface area contributed by atoms with Crippen LogP contribution in [0.2, 0.25) is 0 Å². The molecule has 0 saturated carbocycles. The van der Waals surface area contributed by atoms with Gasteiger partial charge < -0.3 is 19.5 Å². The van der Waals surface area contributed by atoms with Crippen molar-refractivity contribution in [1.29, 1.82) is 0 Å². The second-order valence-electron chi connectivity index (χ2n) is 7.83. The van der Waals surface area contributed by atoms with Gasteiger partial charge >= 0.3 is 0 Å². The Morgan fingerprint density at radius 2 is 1.93 bits per heavy atom. The van der Waals surface area contributed by atoms with E-state index in [1.54, 1.807) is 13.3 Å². The van der Waals surface area contributed by atoms with E-state index in [0.717, 1.165) is 36.4 Å². The number of likely N-dealkylation sites (tertiary alicyclic amines) is 1. The molecule has 1 fully saturated rings. The number of hydrogen-bond donors (Lipinski definition) is 1. The molecule has 2 aliphatic rings. The summed E-state index contributed by atoms with van der Waals surface area (Å²) in [6, 6.07) is 9.65. The molecule has 29 heavy (non-hydrogen) atoms. The first-order chi connectivity index (χ1) is 14.1. The van der Waals surface area contributed by atoms with Gasteiger partial charge in [-0.3, -0.25) is 9.59 Å². The number of piperidine rings is 1. The van der Waals surface area contributed by atoms with Crippen LogP contribution in [0.3, 0.4) is 0 Å². The fourth-order valence-electron chi connectivity index (χ4n) is 4.66. The normalized spacial score (nSPS) is 17.8. The zero-order valence-corrected chi connectivity index (χ0v) is 16.9. The third-order valence-electron chi connectivity index (χ3n) is 6.13. The van der Waals surface area contributed by atoms with E-state index in [0.29, 0.717) is 39.1 Å². The standard InChI is InChI=1S/C22H28N4O3/c1-17(27)26-12-9-19-21(24-16-23-19)22(26)10-13-25(14-11-22)20(28)8-5-15-29-18-6-3-2-4-7-18/h2-4,6-7,16H,5,8-15H2,1H3,(H,23,24). The highest BCUT2D eigenvalue weighted by molar-refractivity contribution is 5.77. The van der Waals surface area contributed by atoms with Crippen molar-refractivity contribution < 1.29 is 14.3 Å². The van der Waals surface area contributed by atoms with Gasteiger partial charge in [0.05, 0.1) is 24.2 Å². The highest BCUT2D eigenvalue weighted by atomic mass is 16.5. The number of fused-ring (bicyclic) bond motifs is 2. The Balaban J connectivity index is 1.32. The van der Waals surface area contributed by atoms with E-state index in [2.05, 4.69) is 9.97 Å². The van der Waals surface area contributed by atoms with Crippen LogP contribution in [0.15, 0.2) is 36.7 Å². The van der Waals surface area contributed by atoms with E-state index in [1.165, 1.54) is 0 Å². The van der Waals surface area contributed by atoms with Crippen molar-refractivity contribution in [2.75, 3.05) is 26.2 Å². The Hall–Kier alpha value is -2.83. The van der Waals surface area contributed by atoms with Gasteiger partial charge in [0, 0.05) is 45.1 Å². The number of rotatable bonds is 5. The van der Waals surface area contributed by atoms with Crippen LogP contribution in [-0.4, -0.2) is 57.8 Å². The van der Waals surface area contributed by atoms with Crippen LogP contribution in [0, 0.1) is 0 Å². The van der Waals surface area contributed by atoms with Crippen LogP contribution in [-0.2, 0) is 21.5 Å². The van der Waals surface area contributed by atoms with Crippen molar-refractivity contribution in [1.82, 2.24) is 19.8 Å². The molecule has 2 aliphatic heterocycles. The molecule has 4 rings (SSSR count). The number of aromatic nitrogens is 2. The summed E-state index contributed by atoms with van der Waals surface area (Å²) in [7, 11) is 0. The zero-order chi connectivity index (χ0) is 20.3. The lowest BCUT2D eigenvalue weighted by atomic mass is 9.78. The zero-order valence-electron chi connectivity index (χ0n) is 16.9. The molecule has 1 aromatic carbocycles. The van der Waals surface area contributed by atoms with Gasteiger partial charge in [-0.15, -0.1) is 0 Å². The van der Waals surface area contributed by atoms with Gasteiger partial charge in [0.2, 0.25) is 11.8 Å². The predicted molar refractivity (Wildman–Crippen MR) is 108 cm³/mol. The number of carbonyl (C=O) groups excluding carboxylic acids is 2. The Kier molecular flexibility index (Phi) is 5.56. The van der Waals surface area contributed by atoms with Gasteiger partial charge in [-0.2, -0.15) is 0 Å². The van der Waals surface area contributed by atoms with E-state index in [-0.39, 0.29) is 17.4 Å². The average molecular weight is 396 g/mol. The Bertz CT molecular complexity index is 856. The second-order valence-corrected chi connectivity index (χ2v) is 7.83. The number of imidazole rings is 1. The molecule has 7 heteroatoms. The summed E-state index contributed by atoms with van der Waals surface area (Å²) in [5, 5.41) is 0. The molecule has 0 bridgehead atoms. The lowest BCUT2D eigenvalue weighted by molar-refractivity contribution is -0.142. The topological polar surface area (TPSA) is 78.5 Å². The van der Waals surface area contributed by atoms with E-state index >= 15 is 0 Å². The summed E-state index contributed by atoms with van der Waals surface area (Å²) in [6.45, 7) is 4.16. The smallest absolute Gasteiger partial charge is 0.222 e. The maximum Gasteiger partial charge on any atom is 0.222 e. The molecule has 2 aromatic rings. The van der Waals surface area contributed by atoms with Crippen LogP contribution < -0.4 is 4.74 Å². The second kappa shape index (κ2) is 8.27. The third kappa shape index (κ3) is 3.86. The molecule has 2 amide bonds. The van der Waals surface area contributed by atoms with Crippen molar-refractivity contribution in [2.45, 2.75) is 44.6 Å². The predicted octanol–water partition coefficient (Wildman–Crippen LogP) is 2.49. The Morgan fingerprint density at radius 3 is 2.66 bits per heavy atom. The van der Waals surface area contributed by atoms with E-state index < -0.39 is 0 Å². The Labute approximate surface area is 171 Å². The maximum absolute atomic E-state index is 12.7. The van der Waals surface area contributed by atoms with Gasteiger partial charge in [-0.1, -0.05) is 18.2 Å². The minimum atomic E-state index is -0.382. The molecular weight excluding hydrogens is 368 g/mol. The van der Waals surface area contributed by atoms with Crippen LogP contribution in [0.4, 0.5) is 0 Å². The molecule has 0 aliphatic carbocycles. The molecule has 1 N–H and O–H groups in total. The van der Waals surface area contributed by atoms with Gasteiger partial charge in [-0.25, -0.2) is 4.98 Å². The number of hydrogen-bond acceptors (Lipinski definition) is 4. The molecule has 0 radical (unpaired) electrons. The first-order valence-electron chi connectivity index (χ1n) is 10.4. The monoisotopic (exact) mass is 396 g/mol. The highest BCUT2D eigenvalue weighted by Crippen LogP contribution is 2.42. The van der Waals surface area contributed by atoms with Crippen LogP contribution in [0.1, 0.15) is 44.0 Å². The van der Waals surface area contributed by atoms with Crippen LogP contribution in [0.25, 0.3) is 0 Å². The number of aromatic amines is 1. The molecule has 7 nitrogen and oxygen atoms in total. The van der Waals surface area contributed by atoms with Gasteiger partial charge in [0.15, 0.2) is 0 Å². The van der Waals surface area contributed by atoms with Crippen molar-refractivity contribution >= 4 is 11.8 Å². The molecule has 1 saturated heterocycles. The van der Waals surface area contributed by atoms with Crippen molar-refractivity contribution in [3.8, 4) is 5.75 Å². The number of benzene rings is 1. The minimum Gasteiger partial charge on any atom is -0.494 e. The molecule has 1 aromatic heterocycles. The molecule has 3 heterocycles. The fourth-order valence-corrected chi connectivity index (χ4v) is 4.66.